The third-order valence-corrected chi connectivity index (χ3v) is 3.25. The van der Waals surface area contributed by atoms with Gasteiger partial charge in [0.05, 0.1) is 12.2 Å². The van der Waals surface area contributed by atoms with Crippen molar-refractivity contribution < 1.29 is 29.0 Å². The maximum atomic E-state index is 11.7. The molecule has 0 saturated heterocycles. The van der Waals surface area contributed by atoms with Crippen LogP contribution in [0.2, 0.25) is 0 Å². The fourth-order valence-electron chi connectivity index (χ4n) is 1.65. The minimum absolute atomic E-state index is 0.0368. The van der Waals surface area contributed by atoms with E-state index in [4.69, 9.17) is 26.2 Å². The second-order valence-corrected chi connectivity index (χ2v) is 5.20. The van der Waals surface area contributed by atoms with E-state index in [0.717, 1.165) is 6.08 Å². The highest BCUT2D eigenvalue weighted by Crippen LogP contribution is 2.12. The maximum Gasteiger partial charge on any atom is 0.404 e. The van der Waals surface area contributed by atoms with Gasteiger partial charge in [-0.25, -0.2) is 14.4 Å². The average molecular weight is 341 g/mol. The van der Waals surface area contributed by atoms with Crippen LogP contribution in [0.3, 0.4) is 0 Å². The van der Waals surface area contributed by atoms with Gasteiger partial charge in [0.15, 0.2) is 0 Å². The maximum absolute atomic E-state index is 11.7. The average Bonchev–Trinajstić information content (AvgIpc) is 2.49. The van der Waals surface area contributed by atoms with Gasteiger partial charge in [-0.2, -0.15) is 0 Å². The molecule has 0 amide bonds. The van der Waals surface area contributed by atoms with Gasteiger partial charge in [0, 0.05) is 23.6 Å². The monoisotopic (exact) mass is 340 g/mol. The molecule has 7 heteroatoms. The Morgan fingerprint density at radius 3 is 2.52 bits per heavy atom. The zero-order valence-electron chi connectivity index (χ0n) is 12.7. The molecule has 1 N–H and O–H groups in total. The van der Waals surface area contributed by atoms with E-state index in [1.54, 1.807) is 32.0 Å². The Labute approximate surface area is 138 Å². The molecule has 124 valence electrons. The number of carbonyl (C=O) groups is 3. The number of aromatic carboxylic acids is 1. The molecule has 6 nitrogen and oxygen atoms in total. The molecule has 0 aromatic heterocycles. The standard InChI is InChI=1S/C16H17ClO6/c1-10(11(2)23-16(17)21)9-22-14(18)8-7-12-5-3-4-6-13(12)15(19)20/h3-8,10-11H,9H2,1-2H3,(H,19,20)/b8-7+. The van der Waals surface area contributed by atoms with E-state index in [-0.39, 0.29) is 18.1 Å². The fourth-order valence-corrected chi connectivity index (χ4v) is 1.79. The van der Waals surface area contributed by atoms with Gasteiger partial charge in [-0.1, -0.05) is 25.1 Å². The number of carbonyl (C=O) groups excluding carboxylic acids is 2. The van der Waals surface area contributed by atoms with Crippen molar-refractivity contribution in [2.24, 2.45) is 5.92 Å². The Morgan fingerprint density at radius 1 is 1.26 bits per heavy atom. The number of benzene rings is 1. The molecule has 2 unspecified atom stereocenters. The molecular formula is C16H17ClO6. The Hall–Kier alpha value is -2.34. The summed E-state index contributed by atoms with van der Waals surface area (Å²) in [6, 6.07) is 6.29. The zero-order chi connectivity index (χ0) is 17.4. The van der Waals surface area contributed by atoms with Crippen LogP contribution in [-0.4, -0.2) is 35.2 Å². The van der Waals surface area contributed by atoms with E-state index >= 15 is 0 Å². The molecule has 0 fully saturated rings. The van der Waals surface area contributed by atoms with Crippen LogP contribution in [0.4, 0.5) is 4.79 Å². The summed E-state index contributed by atoms with van der Waals surface area (Å²) in [5.41, 5.74) is -0.428. The van der Waals surface area contributed by atoms with E-state index < -0.39 is 23.5 Å². The Bertz CT molecular complexity index is 610. The van der Waals surface area contributed by atoms with Crippen molar-refractivity contribution in [1.29, 1.82) is 0 Å². The topological polar surface area (TPSA) is 89.9 Å². The molecule has 0 bridgehead atoms. The summed E-state index contributed by atoms with van der Waals surface area (Å²) in [7, 11) is 0. The molecule has 1 rings (SSSR count). The Morgan fingerprint density at radius 2 is 1.91 bits per heavy atom. The summed E-state index contributed by atoms with van der Waals surface area (Å²) < 4.78 is 9.79. The van der Waals surface area contributed by atoms with E-state index in [1.807, 2.05) is 0 Å². The highest BCUT2D eigenvalue weighted by atomic mass is 35.5. The number of rotatable bonds is 7. The van der Waals surface area contributed by atoms with Gasteiger partial charge in [0.2, 0.25) is 0 Å². The minimum atomic E-state index is -1.08. The van der Waals surface area contributed by atoms with Crippen LogP contribution < -0.4 is 0 Å². The van der Waals surface area contributed by atoms with Gasteiger partial charge in [-0.3, -0.25) is 0 Å². The van der Waals surface area contributed by atoms with Gasteiger partial charge in [0.25, 0.3) is 0 Å². The number of halogens is 1. The first-order valence-electron chi connectivity index (χ1n) is 6.84. The number of esters is 1. The summed E-state index contributed by atoms with van der Waals surface area (Å²) in [6.45, 7) is 3.41. The molecule has 23 heavy (non-hydrogen) atoms. The quantitative estimate of drug-likeness (QED) is 0.465. The lowest BCUT2D eigenvalue weighted by atomic mass is 10.1. The van der Waals surface area contributed by atoms with Gasteiger partial charge in [-0.15, -0.1) is 0 Å². The molecule has 0 aliphatic carbocycles. The second kappa shape index (κ2) is 8.95. The predicted octanol–water partition coefficient (Wildman–Crippen LogP) is 3.34. The first kappa shape index (κ1) is 18.7. The number of carboxylic acid groups (broad SMARTS) is 1. The van der Waals surface area contributed by atoms with Gasteiger partial charge >= 0.3 is 17.4 Å². The molecule has 0 spiro atoms. The van der Waals surface area contributed by atoms with Crippen molar-refractivity contribution in [3.8, 4) is 0 Å². The number of hydrogen-bond donors (Lipinski definition) is 1. The summed E-state index contributed by atoms with van der Waals surface area (Å²) in [5, 5.41) is 9.04. The second-order valence-electron chi connectivity index (χ2n) is 4.89. The molecule has 0 aliphatic rings. The molecular weight excluding hydrogens is 324 g/mol. The van der Waals surface area contributed by atoms with Crippen molar-refractivity contribution in [3.63, 3.8) is 0 Å². The Kier molecular flexibility index (Phi) is 7.28. The van der Waals surface area contributed by atoms with E-state index in [1.165, 1.54) is 12.1 Å². The minimum Gasteiger partial charge on any atom is -0.478 e. The number of hydrogen-bond acceptors (Lipinski definition) is 5. The van der Waals surface area contributed by atoms with Gasteiger partial charge in [0.1, 0.15) is 6.10 Å². The molecule has 0 heterocycles. The summed E-state index contributed by atoms with van der Waals surface area (Å²) in [6.07, 6.45) is 2.02. The van der Waals surface area contributed by atoms with Crippen LogP contribution in [-0.2, 0) is 14.3 Å². The Balaban J connectivity index is 2.57. The highest BCUT2D eigenvalue weighted by Gasteiger charge is 2.17. The summed E-state index contributed by atoms with van der Waals surface area (Å²) >= 11 is 5.11. The van der Waals surface area contributed by atoms with Crippen molar-refractivity contribution >= 4 is 35.0 Å². The lowest BCUT2D eigenvalue weighted by Gasteiger charge is -2.18. The van der Waals surface area contributed by atoms with Crippen LogP contribution in [0.15, 0.2) is 30.3 Å². The predicted molar refractivity (Wildman–Crippen MR) is 84.4 cm³/mol. The van der Waals surface area contributed by atoms with Crippen LogP contribution in [0, 0.1) is 5.92 Å². The van der Waals surface area contributed by atoms with Crippen molar-refractivity contribution in [1.82, 2.24) is 0 Å². The summed E-state index contributed by atoms with van der Waals surface area (Å²) in [5.74, 6) is -1.94. The number of ether oxygens (including phenoxy) is 2. The lowest BCUT2D eigenvalue weighted by Crippen LogP contribution is -2.24. The molecule has 1 aromatic carbocycles. The molecule has 0 saturated carbocycles. The fraction of sp³-hybridized carbons (Fsp3) is 0.312. The van der Waals surface area contributed by atoms with Crippen LogP contribution in [0.5, 0.6) is 0 Å². The molecule has 1 aromatic rings. The largest absolute Gasteiger partial charge is 0.478 e. The van der Waals surface area contributed by atoms with Crippen LogP contribution in [0.25, 0.3) is 6.08 Å². The first-order valence-corrected chi connectivity index (χ1v) is 7.22. The molecule has 0 aliphatic heterocycles. The van der Waals surface area contributed by atoms with Crippen molar-refractivity contribution in [2.45, 2.75) is 20.0 Å². The van der Waals surface area contributed by atoms with Crippen LogP contribution in [0.1, 0.15) is 29.8 Å². The normalized spacial score (nSPS) is 13.3. The van der Waals surface area contributed by atoms with Crippen molar-refractivity contribution in [2.75, 3.05) is 6.61 Å². The van der Waals surface area contributed by atoms with Crippen LogP contribution >= 0.6 is 11.6 Å². The third kappa shape index (κ3) is 6.52. The number of carboxylic acids is 1. The summed E-state index contributed by atoms with van der Waals surface area (Å²) in [4.78, 5) is 33.3. The lowest BCUT2D eigenvalue weighted by molar-refractivity contribution is -0.139. The van der Waals surface area contributed by atoms with Crippen molar-refractivity contribution in [3.05, 3.63) is 41.5 Å². The SMILES string of the molecule is CC(COC(=O)/C=C/c1ccccc1C(=O)O)C(C)OC(=O)Cl. The zero-order valence-corrected chi connectivity index (χ0v) is 13.4. The molecule has 2 atom stereocenters. The van der Waals surface area contributed by atoms with Gasteiger partial charge < -0.3 is 14.6 Å². The molecule has 0 radical (unpaired) electrons. The van der Waals surface area contributed by atoms with Gasteiger partial charge in [-0.05, 0) is 24.6 Å². The smallest absolute Gasteiger partial charge is 0.404 e. The van der Waals surface area contributed by atoms with E-state index in [2.05, 4.69) is 0 Å². The highest BCUT2D eigenvalue weighted by molar-refractivity contribution is 6.61. The third-order valence-electron chi connectivity index (χ3n) is 3.16. The first-order chi connectivity index (χ1) is 10.8. The van der Waals surface area contributed by atoms with E-state index in [0.29, 0.717) is 5.56 Å². The van der Waals surface area contributed by atoms with E-state index in [9.17, 15) is 14.4 Å².